The molecule has 1 aromatic carbocycles. The fraction of sp³-hybridized carbons (Fsp3) is 0.450. The number of rotatable bonds is 3. The number of likely N-dealkylation sites (tertiary alicyclic amines) is 1. The lowest BCUT2D eigenvalue weighted by Crippen LogP contribution is -2.49. The van der Waals surface area contributed by atoms with E-state index in [1.165, 1.54) is 7.11 Å². The number of hydrogen-bond acceptors (Lipinski definition) is 4. The number of methoxy groups -OCH3 is 1. The molecule has 1 fully saturated rings. The highest BCUT2D eigenvalue weighted by Gasteiger charge is 2.33. The minimum atomic E-state index is -0.458. The van der Waals surface area contributed by atoms with Gasteiger partial charge in [0, 0.05) is 17.6 Å². The number of nitrogens with zero attached hydrogens (tertiary/aromatic N) is 2. The van der Waals surface area contributed by atoms with Gasteiger partial charge >= 0.3 is 5.97 Å². The van der Waals surface area contributed by atoms with E-state index in [4.69, 9.17) is 4.74 Å². The number of ether oxygens (including phenoxy) is 1. The van der Waals surface area contributed by atoms with E-state index in [1.807, 2.05) is 38.1 Å². The first-order chi connectivity index (χ1) is 12.0. The van der Waals surface area contributed by atoms with Crippen molar-refractivity contribution < 1.29 is 14.3 Å². The van der Waals surface area contributed by atoms with E-state index in [0.717, 1.165) is 40.6 Å². The Labute approximate surface area is 148 Å². The summed E-state index contributed by atoms with van der Waals surface area (Å²) in [7, 11) is 1.38. The summed E-state index contributed by atoms with van der Waals surface area (Å²) >= 11 is 0. The summed E-state index contributed by atoms with van der Waals surface area (Å²) < 4.78 is 4.88. The average Bonchev–Trinajstić information content (AvgIpc) is 2.64. The van der Waals surface area contributed by atoms with Gasteiger partial charge in [0.2, 0.25) is 5.91 Å². The van der Waals surface area contributed by atoms with Gasteiger partial charge in [-0.1, -0.05) is 18.2 Å². The maximum Gasteiger partial charge on any atom is 0.328 e. The number of carbonyl (C=O) groups is 2. The molecule has 1 aromatic heterocycles. The molecule has 25 heavy (non-hydrogen) atoms. The van der Waals surface area contributed by atoms with Crippen LogP contribution in [0, 0.1) is 13.8 Å². The maximum absolute atomic E-state index is 12.9. The van der Waals surface area contributed by atoms with Crippen molar-refractivity contribution in [3.05, 3.63) is 41.1 Å². The molecule has 1 atom stereocenters. The quantitative estimate of drug-likeness (QED) is 0.806. The molecule has 0 spiro atoms. The van der Waals surface area contributed by atoms with Crippen LogP contribution >= 0.6 is 0 Å². The van der Waals surface area contributed by atoms with Crippen molar-refractivity contribution in [2.75, 3.05) is 13.7 Å². The first-order valence-corrected chi connectivity index (χ1v) is 8.75. The lowest BCUT2D eigenvalue weighted by atomic mass is 9.97. The van der Waals surface area contributed by atoms with Crippen LogP contribution in [0.4, 0.5) is 0 Å². The summed E-state index contributed by atoms with van der Waals surface area (Å²) in [5.41, 5.74) is 3.86. The van der Waals surface area contributed by atoms with Crippen LogP contribution in [-0.2, 0) is 20.7 Å². The number of fused-ring (bicyclic) bond motifs is 1. The van der Waals surface area contributed by atoms with Crippen molar-refractivity contribution in [2.24, 2.45) is 0 Å². The van der Waals surface area contributed by atoms with Crippen LogP contribution in [0.3, 0.4) is 0 Å². The molecule has 1 aliphatic heterocycles. The van der Waals surface area contributed by atoms with Gasteiger partial charge in [-0.25, -0.2) is 4.79 Å². The number of amides is 1. The van der Waals surface area contributed by atoms with Crippen LogP contribution in [0.15, 0.2) is 24.3 Å². The SMILES string of the molecule is COC(=O)C1CCCCN1C(=O)Cc1c(C)nc2ccccc2c1C. The number of esters is 1. The van der Waals surface area contributed by atoms with Crippen molar-refractivity contribution in [3.8, 4) is 0 Å². The smallest absolute Gasteiger partial charge is 0.328 e. The number of benzene rings is 1. The summed E-state index contributed by atoms with van der Waals surface area (Å²) in [6, 6.07) is 7.51. The molecule has 1 amide bonds. The zero-order valence-electron chi connectivity index (χ0n) is 15.0. The highest BCUT2D eigenvalue weighted by Crippen LogP contribution is 2.25. The van der Waals surface area contributed by atoms with Crippen LogP contribution in [0.2, 0.25) is 0 Å². The van der Waals surface area contributed by atoms with Gasteiger partial charge in [-0.15, -0.1) is 0 Å². The molecule has 0 N–H and O–H groups in total. The van der Waals surface area contributed by atoms with Gasteiger partial charge in [-0.05, 0) is 50.3 Å². The Morgan fingerprint density at radius 2 is 2.00 bits per heavy atom. The third-order valence-corrected chi connectivity index (χ3v) is 5.11. The minimum Gasteiger partial charge on any atom is -0.467 e. The second-order valence-corrected chi connectivity index (χ2v) is 6.62. The normalized spacial score (nSPS) is 17.6. The Hall–Kier alpha value is -2.43. The van der Waals surface area contributed by atoms with E-state index in [1.54, 1.807) is 4.90 Å². The molecule has 132 valence electrons. The van der Waals surface area contributed by atoms with E-state index < -0.39 is 6.04 Å². The molecule has 2 heterocycles. The Morgan fingerprint density at radius 3 is 2.76 bits per heavy atom. The second-order valence-electron chi connectivity index (χ2n) is 6.62. The topological polar surface area (TPSA) is 59.5 Å². The third-order valence-electron chi connectivity index (χ3n) is 5.11. The standard InChI is InChI=1S/C20H24N2O3/c1-13-15-8-4-5-9-17(15)21-14(2)16(13)12-19(23)22-11-7-6-10-18(22)20(24)25-3/h4-5,8-9,18H,6-7,10-12H2,1-3H3. The van der Waals surface area contributed by atoms with E-state index in [-0.39, 0.29) is 18.3 Å². The molecule has 2 aromatic rings. The molecule has 0 radical (unpaired) electrons. The van der Waals surface area contributed by atoms with E-state index in [9.17, 15) is 9.59 Å². The first kappa shape index (κ1) is 17.4. The van der Waals surface area contributed by atoms with Crippen LogP contribution in [0.5, 0.6) is 0 Å². The van der Waals surface area contributed by atoms with Crippen molar-refractivity contribution in [1.82, 2.24) is 9.88 Å². The van der Waals surface area contributed by atoms with Crippen molar-refractivity contribution in [2.45, 2.75) is 45.6 Å². The van der Waals surface area contributed by atoms with Gasteiger partial charge in [-0.2, -0.15) is 0 Å². The number of hydrogen-bond donors (Lipinski definition) is 0. The Morgan fingerprint density at radius 1 is 1.24 bits per heavy atom. The van der Waals surface area contributed by atoms with E-state index in [2.05, 4.69) is 4.98 Å². The van der Waals surface area contributed by atoms with Gasteiger partial charge in [0.15, 0.2) is 0 Å². The first-order valence-electron chi connectivity index (χ1n) is 8.75. The molecule has 5 heteroatoms. The molecule has 1 aliphatic rings. The predicted octanol–water partition coefficient (Wildman–Crippen LogP) is 2.95. The fourth-order valence-corrected chi connectivity index (χ4v) is 3.69. The third kappa shape index (κ3) is 3.36. The summed E-state index contributed by atoms with van der Waals surface area (Å²) in [5.74, 6) is -0.350. The number of piperidine rings is 1. The molecular weight excluding hydrogens is 316 g/mol. The summed E-state index contributed by atoms with van der Waals surface area (Å²) in [6.07, 6.45) is 2.81. The van der Waals surface area contributed by atoms with Gasteiger partial charge in [0.1, 0.15) is 6.04 Å². The number of pyridine rings is 1. The molecule has 0 saturated carbocycles. The molecule has 0 bridgehead atoms. The summed E-state index contributed by atoms with van der Waals surface area (Å²) in [5, 5.41) is 1.07. The van der Waals surface area contributed by atoms with Crippen molar-refractivity contribution in [1.29, 1.82) is 0 Å². The second kappa shape index (κ2) is 7.21. The van der Waals surface area contributed by atoms with Crippen LogP contribution < -0.4 is 0 Å². The number of carbonyl (C=O) groups excluding carboxylic acids is 2. The molecule has 1 saturated heterocycles. The lowest BCUT2D eigenvalue weighted by Gasteiger charge is -2.34. The number of aromatic nitrogens is 1. The molecule has 0 aliphatic carbocycles. The Kier molecular flexibility index (Phi) is 5.02. The zero-order chi connectivity index (χ0) is 18.0. The fourth-order valence-electron chi connectivity index (χ4n) is 3.69. The Balaban J connectivity index is 1.89. The molecule has 3 rings (SSSR count). The van der Waals surface area contributed by atoms with Gasteiger partial charge in [0.25, 0.3) is 0 Å². The highest BCUT2D eigenvalue weighted by atomic mass is 16.5. The largest absolute Gasteiger partial charge is 0.467 e. The van der Waals surface area contributed by atoms with E-state index >= 15 is 0 Å². The zero-order valence-corrected chi connectivity index (χ0v) is 15.0. The van der Waals surface area contributed by atoms with Crippen LogP contribution in [0.25, 0.3) is 10.9 Å². The predicted molar refractivity (Wildman–Crippen MR) is 96.3 cm³/mol. The van der Waals surface area contributed by atoms with Gasteiger partial charge in [-0.3, -0.25) is 9.78 Å². The van der Waals surface area contributed by atoms with Crippen molar-refractivity contribution in [3.63, 3.8) is 0 Å². The minimum absolute atomic E-state index is 0.0293. The molecular formula is C20H24N2O3. The van der Waals surface area contributed by atoms with Crippen molar-refractivity contribution >= 4 is 22.8 Å². The molecule has 5 nitrogen and oxygen atoms in total. The number of para-hydroxylation sites is 1. The van der Waals surface area contributed by atoms with Crippen LogP contribution in [0.1, 0.15) is 36.1 Å². The highest BCUT2D eigenvalue weighted by molar-refractivity contribution is 5.89. The van der Waals surface area contributed by atoms with Gasteiger partial charge < -0.3 is 9.64 Å². The summed E-state index contributed by atoms with van der Waals surface area (Å²) in [6.45, 7) is 4.58. The summed E-state index contributed by atoms with van der Waals surface area (Å²) in [4.78, 5) is 31.3. The number of aryl methyl sites for hydroxylation is 2. The van der Waals surface area contributed by atoms with Gasteiger partial charge in [0.05, 0.1) is 19.0 Å². The molecule has 1 unspecified atom stereocenters. The lowest BCUT2D eigenvalue weighted by molar-refractivity contribution is -0.154. The average molecular weight is 340 g/mol. The Bertz CT molecular complexity index is 816. The van der Waals surface area contributed by atoms with Crippen LogP contribution in [-0.4, -0.2) is 41.5 Å². The maximum atomic E-state index is 12.9. The van der Waals surface area contributed by atoms with E-state index in [0.29, 0.717) is 13.0 Å². The monoisotopic (exact) mass is 340 g/mol.